The molecular formula is C23H27F2N4O3+. The minimum Gasteiger partial charge on any atom is -0.425 e. The first-order chi connectivity index (χ1) is 15.2. The van der Waals surface area contributed by atoms with Crippen LogP contribution in [0.3, 0.4) is 0 Å². The number of fused-ring (bicyclic) bond motifs is 1. The van der Waals surface area contributed by atoms with E-state index in [1.54, 1.807) is 6.07 Å². The fourth-order valence-electron chi connectivity index (χ4n) is 4.55. The van der Waals surface area contributed by atoms with E-state index in [0.29, 0.717) is 17.4 Å². The molecule has 1 aliphatic carbocycles. The summed E-state index contributed by atoms with van der Waals surface area (Å²) in [5, 5.41) is 6.08. The molecule has 1 aromatic carbocycles. The highest BCUT2D eigenvalue weighted by atomic mass is 19.3. The summed E-state index contributed by atoms with van der Waals surface area (Å²) in [7, 11) is 1.81. The second-order valence-corrected chi connectivity index (χ2v) is 8.62. The van der Waals surface area contributed by atoms with E-state index in [2.05, 4.69) is 15.6 Å². The Kier molecular flexibility index (Phi) is 5.94. The van der Waals surface area contributed by atoms with Crippen molar-refractivity contribution in [2.75, 3.05) is 19.1 Å². The summed E-state index contributed by atoms with van der Waals surface area (Å²) in [6.07, 6.45) is 3.25. The predicted octanol–water partition coefficient (Wildman–Crippen LogP) is 4.52. The van der Waals surface area contributed by atoms with Gasteiger partial charge in [0.1, 0.15) is 5.69 Å². The Bertz CT molecular complexity index is 1040. The van der Waals surface area contributed by atoms with Crippen molar-refractivity contribution in [3.05, 3.63) is 52.7 Å². The first kappa shape index (κ1) is 22.3. The number of hydrogen-bond donors (Lipinski definition) is 2. The van der Waals surface area contributed by atoms with Gasteiger partial charge < -0.3 is 15.4 Å². The fraction of sp³-hybridized carbons (Fsp3) is 0.478. The van der Waals surface area contributed by atoms with E-state index in [0.717, 1.165) is 30.1 Å². The van der Waals surface area contributed by atoms with Crippen LogP contribution in [-0.4, -0.2) is 29.4 Å². The van der Waals surface area contributed by atoms with Crippen LogP contribution in [0.5, 0.6) is 5.75 Å². The lowest BCUT2D eigenvalue weighted by atomic mass is 9.79. The molecule has 2 aromatic rings. The number of benzene rings is 1. The summed E-state index contributed by atoms with van der Waals surface area (Å²) in [6.45, 7) is 2.55. The van der Waals surface area contributed by atoms with Gasteiger partial charge in [-0.05, 0) is 49.9 Å². The molecule has 0 radical (unpaired) electrons. The lowest BCUT2D eigenvalue weighted by molar-refractivity contribution is -0.480. The molecular weight excluding hydrogens is 418 g/mol. The van der Waals surface area contributed by atoms with Crippen LogP contribution < -0.4 is 15.4 Å². The molecule has 170 valence electrons. The maximum absolute atomic E-state index is 13.6. The molecule has 1 aliphatic heterocycles. The summed E-state index contributed by atoms with van der Waals surface area (Å²) in [4.78, 5) is 29.2. The number of carbonyl (C=O) groups excluding carboxylic acids is 1. The van der Waals surface area contributed by atoms with Gasteiger partial charge in [0, 0.05) is 41.2 Å². The molecule has 3 atom stereocenters. The highest BCUT2D eigenvalue weighted by Gasteiger charge is 2.46. The molecule has 0 bridgehead atoms. The van der Waals surface area contributed by atoms with E-state index in [4.69, 9.17) is 4.74 Å². The summed E-state index contributed by atoms with van der Waals surface area (Å²) >= 11 is 0. The topological polar surface area (TPSA) is 83.3 Å². The smallest absolute Gasteiger partial charge is 0.341 e. The van der Waals surface area contributed by atoms with E-state index in [9.17, 15) is 18.5 Å². The highest BCUT2D eigenvalue weighted by Crippen LogP contribution is 2.50. The lowest BCUT2D eigenvalue weighted by Crippen LogP contribution is -2.37. The van der Waals surface area contributed by atoms with Crippen molar-refractivity contribution >= 4 is 17.3 Å². The molecule has 4 rings (SSSR count). The Balaban J connectivity index is 1.60. The van der Waals surface area contributed by atoms with Crippen LogP contribution in [-0.2, 0) is 10.7 Å². The van der Waals surface area contributed by atoms with Gasteiger partial charge in [-0.25, -0.2) is 0 Å². The van der Waals surface area contributed by atoms with Gasteiger partial charge in [-0.15, -0.1) is 0 Å². The standard InChI is InChI=1S/C23H26F2N4O3/c1-13(22(30)28-15-9-10-27-18(11-15)23(2,24)25)19(14-7-8-14)20(26-3)16-5-4-6-17-21(16)29(31)12-32-17/h4-6,9-11,13-14,19-20,26H,7-8,12H2,1-3H3/p+1. The zero-order valence-electron chi connectivity index (χ0n) is 18.3. The van der Waals surface area contributed by atoms with Crippen molar-refractivity contribution in [2.45, 2.75) is 38.7 Å². The SMILES string of the molecule is CNC(c1cccc2c1[N+](=O)CO2)C(C1CC1)C(C)C(=O)Nc1ccnc(C(C)(F)F)c1. The van der Waals surface area contributed by atoms with Crippen LogP contribution in [0.2, 0.25) is 0 Å². The van der Waals surface area contributed by atoms with Crippen LogP contribution in [0.25, 0.3) is 0 Å². The van der Waals surface area contributed by atoms with E-state index >= 15 is 0 Å². The van der Waals surface area contributed by atoms with Crippen LogP contribution in [0.4, 0.5) is 20.2 Å². The third-order valence-electron chi connectivity index (χ3n) is 6.28. The van der Waals surface area contributed by atoms with E-state index in [1.807, 2.05) is 26.1 Å². The summed E-state index contributed by atoms with van der Waals surface area (Å²) in [6, 6.07) is 7.94. The Morgan fingerprint density at radius 1 is 1.31 bits per heavy atom. The Hall–Kier alpha value is -2.94. The first-order valence-corrected chi connectivity index (χ1v) is 10.7. The van der Waals surface area contributed by atoms with Gasteiger partial charge in [0.2, 0.25) is 11.7 Å². The van der Waals surface area contributed by atoms with Crippen molar-refractivity contribution in [1.29, 1.82) is 0 Å². The number of ether oxygens (including phenoxy) is 1. The largest absolute Gasteiger partial charge is 0.425 e. The number of aromatic nitrogens is 1. The lowest BCUT2D eigenvalue weighted by Gasteiger charge is -2.31. The molecule has 2 aliphatic rings. The maximum atomic E-state index is 13.6. The number of amides is 1. The number of alkyl halides is 2. The number of hydrogen-bond acceptors (Lipinski definition) is 5. The number of anilines is 1. The number of nitrogens with one attached hydrogen (secondary N) is 2. The van der Waals surface area contributed by atoms with Gasteiger partial charge in [0.25, 0.3) is 5.92 Å². The molecule has 1 fully saturated rings. The molecule has 2 N–H and O–H groups in total. The Morgan fingerprint density at radius 2 is 2.06 bits per heavy atom. The quantitative estimate of drug-likeness (QED) is 0.584. The van der Waals surface area contributed by atoms with Gasteiger partial charge in [0.15, 0.2) is 0 Å². The number of pyridine rings is 1. The predicted molar refractivity (Wildman–Crippen MR) is 115 cm³/mol. The molecule has 3 unspecified atom stereocenters. The molecule has 1 aromatic heterocycles. The Labute approximate surface area is 185 Å². The van der Waals surface area contributed by atoms with Crippen molar-refractivity contribution in [2.24, 2.45) is 17.8 Å². The average Bonchev–Trinajstić information content (AvgIpc) is 3.52. The van der Waals surface area contributed by atoms with Crippen molar-refractivity contribution in [1.82, 2.24) is 10.3 Å². The van der Waals surface area contributed by atoms with Gasteiger partial charge in [-0.3, -0.25) is 9.78 Å². The van der Waals surface area contributed by atoms with Crippen molar-refractivity contribution in [3.63, 3.8) is 0 Å². The van der Waals surface area contributed by atoms with E-state index < -0.39 is 17.5 Å². The number of halogens is 2. The highest BCUT2D eigenvalue weighted by molar-refractivity contribution is 5.92. The fourth-order valence-corrected chi connectivity index (χ4v) is 4.55. The first-order valence-electron chi connectivity index (χ1n) is 10.7. The second kappa shape index (κ2) is 8.54. The van der Waals surface area contributed by atoms with Crippen LogP contribution in [0.1, 0.15) is 44.0 Å². The van der Waals surface area contributed by atoms with Gasteiger partial charge >= 0.3 is 12.4 Å². The van der Waals surface area contributed by atoms with Gasteiger partial charge in [-0.2, -0.15) is 8.78 Å². The van der Waals surface area contributed by atoms with Crippen molar-refractivity contribution < 1.29 is 23.1 Å². The van der Waals surface area contributed by atoms with E-state index in [-0.39, 0.29) is 30.3 Å². The third kappa shape index (κ3) is 4.34. The average molecular weight is 445 g/mol. The number of carbonyl (C=O) groups is 1. The van der Waals surface area contributed by atoms with Crippen LogP contribution in [0, 0.1) is 22.7 Å². The zero-order valence-corrected chi connectivity index (χ0v) is 18.3. The summed E-state index contributed by atoms with van der Waals surface area (Å²) in [5.41, 5.74) is 1.17. The molecule has 9 heteroatoms. The van der Waals surface area contributed by atoms with E-state index in [1.165, 1.54) is 18.3 Å². The summed E-state index contributed by atoms with van der Waals surface area (Å²) < 4.78 is 33.6. The van der Waals surface area contributed by atoms with Crippen LogP contribution >= 0.6 is 0 Å². The minimum atomic E-state index is -3.10. The molecule has 0 saturated heterocycles. The van der Waals surface area contributed by atoms with Crippen molar-refractivity contribution in [3.8, 4) is 5.75 Å². The Morgan fingerprint density at radius 3 is 2.72 bits per heavy atom. The molecule has 1 saturated carbocycles. The number of nitroso groups, excluding NO2 is 1. The molecule has 7 nitrogen and oxygen atoms in total. The van der Waals surface area contributed by atoms with Crippen LogP contribution in [0.15, 0.2) is 36.5 Å². The molecule has 32 heavy (non-hydrogen) atoms. The number of rotatable bonds is 8. The normalized spacial score (nSPS) is 18.5. The molecule has 2 heterocycles. The zero-order chi connectivity index (χ0) is 23.0. The number of nitrogens with zero attached hydrogens (tertiary/aromatic N) is 2. The molecule has 1 amide bonds. The number of para-hydroxylation sites is 1. The van der Waals surface area contributed by atoms with Gasteiger partial charge in [0.05, 0.1) is 4.76 Å². The maximum Gasteiger partial charge on any atom is 0.341 e. The monoisotopic (exact) mass is 445 g/mol. The van der Waals surface area contributed by atoms with Gasteiger partial charge in [-0.1, -0.05) is 19.1 Å². The minimum absolute atomic E-state index is 0.0562. The molecule has 0 spiro atoms. The third-order valence-corrected chi connectivity index (χ3v) is 6.28. The second-order valence-electron chi connectivity index (χ2n) is 8.62. The summed E-state index contributed by atoms with van der Waals surface area (Å²) in [5.74, 6) is -3.03.